The molecule has 1 aromatic rings. The van der Waals surface area contributed by atoms with Crippen molar-refractivity contribution in [3.8, 4) is 0 Å². The van der Waals surface area contributed by atoms with Gasteiger partial charge in [0.2, 0.25) is 5.91 Å². The molecule has 1 amide bonds. The lowest BCUT2D eigenvalue weighted by molar-refractivity contribution is -0.137. The first-order valence-corrected chi connectivity index (χ1v) is 5.86. The van der Waals surface area contributed by atoms with Crippen LogP contribution >= 0.6 is 11.6 Å². The largest absolute Gasteiger partial charge is 0.416 e. The van der Waals surface area contributed by atoms with Crippen molar-refractivity contribution in [2.75, 3.05) is 11.2 Å². The van der Waals surface area contributed by atoms with E-state index in [9.17, 15) is 18.0 Å². The van der Waals surface area contributed by atoms with Gasteiger partial charge in [0.1, 0.15) is 5.88 Å². The van der Waals surface area contributed by atoms with Crippen LogP contribution in [0.3, 0.4) is 0 Å². The number of halogens is 4. The number of amides is 1. The van der Waals surface area contributed by atoms with Gasteiger partial charge in [-0.05, 0) is 23.6 Å². The van der Waals surface area contributed by atoms with Crippen molar-refractivity contribution in [2.24, 2.45) is 0 Å². The standard InChI is InChI=1S/C12H13ClF3NO/c1-7(2)9-4-3-8(12(14,15)16)5-10(9)17-11(18)6-13/h3-5,7H,6H2,1-2H3,(H,17,18). The number of benzene rings is 1. The maximum atomic E-state index is 12.6. The molecule has 0 fully saturated rings. The predicted octanol–water partition coefficient (Wildman–Crippen LogP) is 4.01. The molecule has 0 saturated heterocycles. The molecule has 1 N–H and O–H groups in total. The maximum Gasteiger partial charge on any atom is 0.416 e. The molecule has 0 heterocycles. The third-order valence-electron chi connectivity index (χ3n) is 2.40. The minimum absolute atomic E-state index is 0.00194. The minimum Gasteiger partial charge on any atom is -0.325 e. The van der Waals surface area contributed by atoms with Crippen molar-refractivity contribution >= 4 is 23.2 Å². The highest BCUT2D eigenvalue weighted by Crippen LogP contribution is 2.34. The summed E-state index contributed by atoms with van der Waals surface area (Å²) in [5.74, 6) is -0.830. The molecule has 0 radical (unpaired) electrons. The van der Waals surface area contributed by atoms with E-state index in [4.69, 9.17) is 11.6 Å². The van der Waals surface area contributed by atoms with E-state index in [1.165, 1.54) is 6.07 Å². The van der Waals surface area contributed by atoms with Crippen LogP contribution < -0.4 is 5.32 Å². The van der Waals surface area contributed by atoms with Crippen LogP contribution in [0.5, 0.6) is 0 Å². The fraction of sp³-hybridized carbons (Fsp3) is 0.417. The SMILES string of the molecule is CC(C)c1ccc(C(F)(F)F)cc1NC(=O)CCl. The molecule has 0 atom stereocenters. The molecule has 100 valence electrons. The monoisotopic (exact) mass is 279 g/mol. The highest BCUT2D eigenvalue weighted by Gasteiger charge is 2.31. The lowest BCUT2D eigenvalue weighted by Crippen LogP contribution is -2.16. The van der Waals surface area contributed by atoms with Gasteiger partial charge in [-0.3, -0.25) is 4.79 Å². The lowest BCUT2D eigenvalue weighted by Gasteiger charge is -2.16. The summed E-state index contributed by atoms with van der Waals surface area (Å²) in [6.45, 7) is 3.66. The molecular weight excluding hydrogens is 267 g/mol. The summed E-state index contributed by atoms with van der Waals surface area (Å²) < 4.78 is 37.7. The summed E-state index contributed by atoms with van der Waals surface area (Å²) in [4.78, 5) is 11.2. The Hall–Kier alpha value is -1.23. The molecule has 0 aliphatic carbocycles. The van der Waals surface area contributed by atoms with E-state index in [-0.39, 0.29) is 17.5 Å². The smallest absolute Gasteiger partial charge is 0.325 e. The number of hydrogen-bond acceptors (Lipinski definition) is 1. The van der Waals surface area contributed by atoms with E-state index in [1.807, 2.05) is 13.8 Å². The Morgan fingerprint density at radius 2 is 2.00 bits per heavy atom. The van der Waals surface area contributed by atoms with Gasteiger partial charge >= 0.3 is 6.18 Å². The van der Waals surface area contributed by atoms with E-state index < -0.39 is 17.6 Å². The third kappa shape index (κ3) is 3.63. The van der Waals surface area contributed by atoms with Crippen molar-refractivity contribution in [1.29, 1.82) is 0 Å². The average molecular weight is 280 g/mol. The van der Waals surface area contributed by atoms with Gasteiger partial charge in [0.15, 0.2) is 0 Å². The zero-order valence-corrected chi connectivity index (χ0v) is 10.7. The predicted molar refractivity (Wildman–Crippen MR) is 64.9 cm³/mol. The van der Waals surface area contributed by atoms with Crippen molar-refractivity contribution < 1.29 is 18.0 Å². The first kappa shape index (κ1) is 14.8. The van der Waals surface area contributed by atoms with Crippen LogP contribution in [0.2, 0.25) is 0 Å². The zero-order valence-electron chi connectivity index (χ0n) is 9.94. The molecule has 6 heteroatoms. The number of carbonyl (C=O) groups excluding carboxylic acids is 1. The lowest BCUT2D eigenvalue weighted by atomic mass is 9.99. The van der Waals surface area contributed by atoms with Gasteiger partial charge in [-0.1, -0.05) is 19.9 Å². The molecule has 0 spiro atoms. The van der Waals surface area contributed by atoms with Gasteiger partial charge in [0.05, 0.1) is 5.56 Å². The maximum absolute atomic E-state index is 12.6. The Morgan fingerprint density at radius 3 is 2.44 bits per heavy atom. The second-order valence-corrected chi connectivity index (χ2v) is 4.40. The van der Waals surface area contributed by atoms with Crippen LogP contribution in [0.4, 0.5) is 18.9 Å². The summed E-state index contributed by atoms with van der Waals surface area (Å²) in [5.41, 5.74) is 0.00344. The molecule has 0 aromatic heterocycles. The molecule has 0 bridgehead atoms. The highest BCUT2D eigenvalue weighted by atomic mass is 35.5. The first-order chi connectivity index (χ1) is 8.25. The van der Waals surface area contributed by atoms with Crippen LogP contribution in [0.1, 0.15) is 30.9 Å². The van der Waals surface area contributed by atoms with Crippen LogP contribution in [0.25, 0.3) is 0 Å². The number of anilines is 1. The fourth-order valence-corrected chi connectivity index (χ4v) is 1.59. The molecule has 1 rings (SSSR count). The normalized spacial score (nSPS) is 11.7. The van der Waals surface area contributed by atoms with Crippen LogP contribution in [-0.2, 0) is 11.0 Å². The quantitative estimate of drug-likeness (QED) is 0.832. The number of hydrogen-bond donors (Lipinski definition) is 1. The van der Waals surface area contributed by atoms with E-state index >= 15 is 0 Å². The summed E-state index contributed by atoms with van der Waals surface area (Å²) in [6, 6.07) is 3.31. The van der Waals surface area contributed by atoms with Crippen LogP contribution in [0.15, 0.2) is 18.2 Å². The Morgan fingerprint density at radius 1 is 1.39 bits per heavy atom. The molecule has 0 aliphatic rings. The topological polar surface area (TPSA) is 29.1 Å². The Kier molecular flexibility index (Phi) is 4.62. The van der Waals surface area contributed by atoms with E-state index in [0.29, 0.717) is 5.56 Å². The van der Waals surface area contributed by atoms with Gasteiger partial charge in [-0.15, -0.1) is 11.6 Å². The second kappa shape index (κ2) is 5.61. The average Bonchev–Trinajstić information content (AvgIpc) is 2.27. The summed E-state index contributed by atoms with van der Waals surface area (Å²) in [5, 5.41) is 2.38. The van der Waals surface area contributed by atoms with Gasteiger partial charge < -0.3 is 5.32 Å². The number of alkyl halides is 4. The third-order valence-corrected chi connectivity index (χ3v) is 2.64. The molecule has 0 saturated carbocycles. The van der Waals surface area contributed by atoms with Crippen molar-refractivity contribution in [3.05, 3.63) is 29.3 Å². The van der Waals surface area contributed by atoms with Gasteiger partial charge in [-0.2, -0.15) is 13.2 Å². The minimum atomic E-state index is -4.43. The van der Waals surface area contributed by atoms with Crippen LogP contribution in [0, 0.1) is 0 Å². The Balaban J connectivity index is 3.20. The number of nitrogens with one attached hydrogen (secondary N) is 1. The van der Waals surface area contributed by atoms with Crippen molar-refractivity contribution in [1.82, 2.24) is 0 Å². The van der Waals surface area contributed by atoms with E-state index in [0.717, 1.165) is 12.1 Å². The summed E-state index contributed by atoms with van der Waals surface area (Å²) in [7, 11) is 0. The van der Waals surface area contributed by atoms with E-state index in [2.05, 4.69) is 5.32 Å². The number of carbonyl (C=O) groups is 1. The molecule has 1 aromatic carbocycles. The van der Waals surface area contributed by atoms with Crippen molar-refractivity contribution in [2.45, 2.75) is 25.9 Å². The van der Waals surface area contributed by atoms with Crippen LogP contribution in [-0.4, -0.2) is 11.8 Å². The summed E-state index contributed by atoms with van der Waals surface area (Å²) >= 11 is 5.33. The highest BCUT2D eigenvalue weighted by molar-refractivity contribution is 6.29. The van der Waals surface area contributed by atoms with Gasteiger partial charge in [-0.25, -0.2) is 0 Å². The van der Waals surface area contributed by atoms with Gasteiger partial charge in [0.25, 0.3) is 0 Å². The molecular formula is C12H13ClF3NO. The van der Waals surface area contributed by atoms with Crippen molar-refractivity contribution in [3.63, 3.8) is 0 Å². The zero-order chi connectivity index (χ0) is 13.9. The number of rotatable bonds is 3. The second-order valence-electron chi connectivity index (χ2n) is 4.14. The molecule has 18 heavy (non-hydrogen) atoms. The first-order valence-electron chi connectivity index (χ1n) is 5.32. The Labute approximate surface area is 108 Å². The van der Waals surface area contributed by atoms with Gasteiger partial charge in [0, 0.05) is 5.69 Å². The summed E-state index contributed by atoms with van der Waals surface area (Å²) in [6.07, 6.45) is -4.43. The fourth-order valence-electron chi connectivity index (χ4n) is 1.53. The molecule has 0 unspecified atom stereocenters. The molecule has 0 aliphatic heterocycles. The van der Waals surface area contributed by atoms with E-state index in [1.54, 1.807) is 0 Å². The Bertz CT molecular complexity index is 443. The molecule has 2 nitrogen and oxygen atoms in total.